The Morgan fingerprint density at radius 2 is 1.95 bits per heavy atom. The third-order valence-electron chi connectivity index (χ3n) is 3.84. The highest BCUT2D eigenvalue weighted by atomic mass is 32.1. The number of hydrogen-bond acceptors (Lipinski definition) is 2. The monoisotopic (exact) mass is 291 g/mol. The predicted octanol–water partition coefficient (Wildman–Crippen LogP) is 3.10. The Morgan fingerprint density at radius 1 is 1.25 bits per heavy atom. The highest BCUT2D eigenvalue weighted by molar-refractivity contribution is 7.80. The summed E-state index contributed by atoms with van der Waals surface area (Å²) in [6, 6.07) is 10.0. The van der Waals surface area contributed by atoms with Crippen LogP contribution in [0.25, 0.3) is 0 Å². The molecule has 1 heterocycles. The lowest BCUT2D eigenvalue weighted by Gasteiger charge is -2.30. The van der Waals surface area contributed by atoms with Crippen molar-refractivity contribution in [2.75, 3.05) is 31.5 Å². The number of nitrogens with zero attached hydrogens (tertiary/aromatic N) is 1. The predicted molar refractivity (Wildman–Crippen MR) is 90.1 cm³/mol. The fourth-order valence-electron chi connectivity index (χ4n) is 2.49. The second kappa shape index (κ2) is 8.22. The lowest BCUT2D eigenvalue weighted by molar-refractivity contribution is 0.191. The van der Waals surface area contributed by atoms with E-state index in [1.165, 1.54) is 32.5 Å². The Bertz CT molecular complexity index is 399. The largest absolute Gasteiger partial charge is 0.362 e. The van der Waals surface area contributed by atoms with Gasteiger partial charge in [0.25, 0.3) is 0 Å². The van der Waals surface area contributed by atoms with E-state index in [9.17, 15) is 0 Å². The highest BCUT2D eigenvalue weighted by Crippen LogP contribution is 2.15. The Labute approximate surface area is 127 Å². The normalized spacial score (nSPS) is 16.9. The number of nitrogens with one attached hydrogen (secondary N) is 2. The van der Waals surface area contributed by atoms with Crippen LogP contribution in [0.15, 0.2) is 30.3 Å². The summed E-state index contributed by atoms with van der Waals surface area (Å²) in [5.41, 5.74) is 1.04. The van der Waals surface area contributed by atoms with Crippen molar-refractivity contribution < 1.29 is 0 Å². The smallest absolute Gasteiger partial charge is 0.170 e. The molecule has 110 valence electrons. The molecule has 1 aromatic rings. The fraction of sp³-hybridized carbons (Fsp3) is 0.562. The van der Waals surface area contributed by atoms with Gasteiger partial charge in [-0.1, -0.05) is 25.1 Å². The summed E-state index contributed by atoms with van der Waals surface area (Å²) < 4.78 is 0. The molecule has 0 saturated carbocycles. The first kappa shape index (κ1) is 15.3. The number of hydrogen-bond donors (Lipinski definition) is 2. The summed E-state index contributed by atoms with van der Waals surface area (Å²) in [6.45, 7) is 6.98. The van der Waals surface area contributed by atoms with E-state index in [0.29, 0.717) is 5.11 Å². The molecule has 0 aromatic heterocycles. The Hall–Kier alpha value is -1.13. The van der Waals surface area contributed by atoms with Gasteiger partial charge in [0, 0.05) is 12.2 Å². The van der Waals surface area contributed by atoms with Crippen molar-refractivity contribution >= 4 is 23.0 Å². The van der Waals surface area contributed by atoms with E-state index in [4.69, 9.17) is 12.2 Å². The summed E-state index contributed by atoms with van der Waals surface area (Å²) in [7, 11) is 0. The number of para-hydroxylation sites is 1. The fourth-order valence-corrected chi connectivity index (χ4v) is 2.71. The summed E-state index contributed by atoms with van der Waals surface area (Å²) in [6.07, 6.45) is 3.84. The molecule has 0 atom stereocenters. The van der Waals surface area contributed by atoms with Crippen molar-refractivity contribution in [1.82, 2.24) is 10.2 Å². The van der Waals surface area contributed by atoms with E-state index in [1.54, 1.807) is 0 Å². The van der Waals surface area contributed by atoms with Gasteiger partial charge in [0.1, 0.15) is 0 Å². The zero-order chi connectivity index (χ0) is 14.2. The third-order valence-corrected chi connectivity index (χ3v) is 4.09. The first-order valence-electron chi connectivity index (χ1n) is 7.56. The van der Waals surface area contributed by atoms with E-state index in [0.717, 1.165) is 24.6 Å². The molecule has 0 unspecified atom stereocenters. The maximum Gasteiger partial charge on any atom is 0.170 e. The quantitative estimate of drug-likeness (QED) is 0.644. The van der Waals surface area contributed by atoms with E-state index in [-0.39, 0.29) is 0 Å². The van der Waals surface area contributed by atoms with Crippen molar-refractivity contribution in [1.29, 1.82) is 0 Å². The summed E-state index contributed by atoms with van der Waals surface area (Å²) in [5, 5.41) is 7.18. The third kappa shape index (κ3) is 5.47. The minimum Gasteiger partial charge on any atom is -0.362 e. The van der Waals surface area contributed by atoms with Crippen LogP contribution < -0.4 is 10.6 Å². The molecule has 0 aliphatic carbocycles. The van der Waals surface area contributed by atoms with E-state index < -0.39 is 0 Å². The van der Waals surface area contributed by atoms with E-state index in [1.807, 2.05) is 30.3 Å². The number of benzene rings is 1. The number of anilines is 1. The topological polar surface area (TPSA) is 27.3 Å². The molecule has 2 rings (SSSR count). The number of rotatable bonds is 5. The van der Waals surface area contributed by atoms with Crippen molar-refractivity contribution in [3.8, 4) is 0 Å². The zero-order valence-corrected chi connectivity index (χ0v) is 13.1. The van der Waals surface area contributed by atoms with Crippen LogP contribution in [0.3, 0.4) is 0 Å². The summed E-state index contributed by atoms with van der Waals surface area (Å²) in [4.78, 5) is 2.56. The zero-order valence-electron chi connectivity index (χ0n) is 12.3. The molecule has 1 aliphatic heterocycles. The van der Waals surface area contributed by atoms with Crippen LogP contribution in [0.2, 0.25) is 0 Å². The maximum atomic E-state index is 5.29. The van der Waals surface area contributed by atoms with Gasteiger partial charge in [0.15, 0.2) is 5.11 Å². The number of piperidine rings is 1. The molecule has 3 nitrogen and oxygen atoms in total. The van der Waals surface area contributed by atoms with E-state index in [2.05, 4.69) is 22.5 Å². The standard InChI is InChI=1S/C16H25N3S/c1-14-8-12-19(13-9-14)11-5-10-17-16(20)18-15-6-3-2-4-7-15/h2-4,6-7,14H,5,8-13H2,1H3,(H2,17,18,20). The van der Waals surface area contributed by atoms with Gasteiger partial charge in [-0.25, -0.2) is 0 Å². The molecule has 1 aliphatic rings. The van der Waals surface area contributed by atoms with Crippen LogP contribution in [0.4, 0.5) is 5.69 Å². The Balaban J connectivity index is 1.56. The molecule has 0 radical (unpaired) electrons. The van der Waals surface area contributed by atoms with Crippen LogP contribution in [0.5, 0.6) is 0 Å². The molecule has 1 aromatic carbocycles. The maximum absolute atomic E-state index is 5.29. The lowest BCUT2D eigenvalue weighted by atomic mass is 9.99. The second-order valence-corrected chi connectivity index (χ2v) is 6.03. The minimum atomic E-state index is 0.712. The Morgan fingerprint density at radius 3 is 2.65 bits per heavy atom. The van der Waals surface area contributed by atoms with Gasteiger partial charge in [-0.3, -0.25) is 0 Å². The number of thiocarbonyl (C=S) groups is 1. The molecule has 2 N–H and O–H groups in total. The van der Waals surface area contributed by atoms with Crippen molar-refractivity contribution in [2.24, 2.45) is 5.92 Å². The van der Waals surface area contributed by atoms with Crippen LogP contribution in [-0.4, -0.2) is 36.2 Å². The molecule has 1 fully saturated rings. The average molecular weight is 291 g/mol. The van der Waals surface area contributed by atoms with Crippen LogP contribution in [-0.2, 0) is 0 Å². The summed E-state index contributed by atoms with van der Waals surface area (Å²) in [5.74, 6) is 0.909. The molecule has 0 amide bonds. The minimum absolute atomic E-state index is 0.712. The van der Waals surface area contributed by atoms with Gasteiger partial charge < -0.3 is 15.5 Å². The van der Waals surface area contributed by atoms with Gasteiger partial charge in [-0.15, -0.1) is 0 Å². The van der Waals surface area contributed by atoms with Gasteiger partial charge in [-0.2, -0.15) is 0 Å². The summed E-state index contributed by atoms with van der Waals surface area (Å²) >= 11 is 5.29. The molecule has 20 heavy (non-hydrogen) atoms. The van der Waals surface area contributed by atoms with Crippen LogP contribution in [0.1, 0.15) is 26.2 Å². The molecular weight excluding hydrogens is 266 g/mol. The average Bonchev–Trinajstić information content (AvgIpc) is 2.46. The first-order chi connectivity index (χ1) is 9.74. The van der Waals surface area contributed by atoms with Gasteiger partial charge in [0.2, 0.25) is 0 Å². The van der Waals surface area contributed by atoms with Gasteiger partial charge in [0.05, 0.1) is 0 Å². The number of likely N-dealkylation sites (tertiary alicyclic amines) is 1. The highest BCUT2D eigenvalue weighted by Gasteiger charge is 2.14. The molecule has 1 saturated heterocycles. The van der Waals surface area contributed by atoms with Crippen molar-refractivity contribution in [3.05, 3.63) is 30.3 Å². The molecule has 4 heteroatoms. The van der Waals surface area contributed by atoms with Gasteiger partial charge in [-0.05, 0) is 69.2 Å². The Kier molecular flexibility index (Phi) is 6.27. The lowest BCUT2D eigenvalue weighted by Crippen LogP contribution is -2.36. The SMILES string of the molecule is CC1CCN(CCCNC(=S)Nc2ccccc2)CC1. The first-order valence-corrected chi connectivity index (χ1v) is 7.97. The van der Waals surface area contributed by atoms with E-state index >= 15 is 0 Å². The van der Waals surface area contributed by atoms with Crippen LogP contribution in [0, 0.1) is 5.92 Å². The second-order valence-electron chi connectivity index (χ2n) is 5.62. The van der Waals surface area contributed by atoms with Gasteiger partial charge >= 0.3 is 0 Å². The van der Waals surface area contributed by atoms with Crippen LogP contribution >= 0.6 is 12.2 Å². The molecule has 0 spiro atoms. The van der Waals surface area contributed by atoms with Crippen molar-refractivity contribution in [2.45, 2.75) is 26.2 Å². The molecular formula is C16H25N3S. The van der Waals surface area contributed by atoms with Crippen molar-refractivity contribution in [3.63, 3.8) is 0 Å². The molecule has 0 bridgehead atoms.